The molecule has 18 heavy (non-hydrogen) atoms. The zero-order chi connectivity index (χ0) is 12.7. The normalized spacial score (nSPS) is 30.6. The molecule has 2 bridgehead atoms. The van der Waals surface area contributed by atoms with Gasteiger partial charge in [-0.05, 0) is 6.42 Å². The molecule has 3 aliphatic rings. The number of hydrogen-bond acceptors (Lipinski definition) is 5. The molecule has 6 heteroatoms. The molecule has 4 heterocycles. The fourth-order valence-corrected chi connectivity index (χ4v) is 3.89. The second kappa shape index (κ2) is 4.60. The minimum Gasteiger partial charge on any atom is -0.477 e. The van der Waals surface area contributed by atoms with Crippen LogP contribution >= 0.6 is 11.3 Å². The van der Waals surface area contributed by atoms with E-state index in [0.717, 1.165) is 43.4 Å². The summed E-state index contributed by atoms with van der Waals surface area (Å²) < 4.78 is 0. The third-order valence-electron chi connectivity index (χ3n) is 3.81. The average Bonchev–Trinajstić information content (AvgIpc) is 2.84. The van der Waals surface area contributed by atoms with Gasteiger partial charge < -0.3 is 5.11 Å². The van der Waals surface area contributed by atoms with Crippen LogP contribution in [0.25, 0.3) is 0 Å². The first kappa shape index (κ1) is 12.1. The molecule has 3 saturated heterocycles. The van der Waals surface area contributed by atoms with E-state index in [1.54, 1.807) is 0 Å². The molecule has 0 saturated carbocycles. The molecule has 1 aromatic rings. The van der Waals surface area contributed by atoms with E-state index in [9.17, 15) is 9.90 Å². The molecule has 0 spiro atoms. The number of aryl methyl sites for hydroxylation is 1. The molecule has 0 aliphatic carbocycles. The van der Waals surface area contributed by atoms with Gasteiger partial charge in [-0.2, -0.15) is 0 Å². The van der Waals surface area contributed by atoms with E-state index in [1.807, 2.05) is 6.92 Å². The number of nitrogens with zero attached hydrogens (tertiary/aromatic N) is 3. The highest BCUT2D eigenvalue weighted by molar-refractivity contribution is 7.13. The third-order valence-corrected chi connectivity index (χ3v) is 4.99. The van der Waals surface area contributed by atoms with E-state index in [0.29, 0.717) is 17.3 Å². The highest BCUT2D eigenvalue weighted by Gasteiger charge is 2.35. The van der Waals surface area contributed by atoms with Gasteiger partial charge in [-0.3, -0.25) is 9.80 Å². The van der Waals surface area contributed by atoms with Gasteiger partial charge in [-0.15, -0.1) is 11.3 Å². The summed E-state index contributed by atoms with van der Waals surface area (Å²) in [5, 5.41) is 10.2. The van der Waals surface area contributed by atoms with Crippen molar-refractivity contribution >= 4 is 17.3 Å². The van der Waals surface area contributed by atoms with Crippen molar-refractivity contribution in [3.8, 4) is 0 Å². The first-order chi connectivity index (χ1) is 8.69. The van der Waals surface area contributed by atoms with Gasteiger partial charge in [0.1, 0.15) is 9.88 Å². The van der Waals surface area contributed by atoms with Gasteiger partial charge in [0, 0.05) is 32.7 Å². The number of hydrogen-bond donors (Lipinski definition) is 1. The van der Waals surface area contributed by atoms with Crippen LogP contribution in [0.2, 0.25) is 0 Å². The zero-order valence-corrected chi connectivity index (χ0v) is 11.2. The number of piperazine rings is 3. The monoisotopic (exact) mass is 267 g/mol. The SMILES string of the molecule is CCc1nc(C2CN3CCN2CC3)sc1C(=O)O. The van der Waals surface area contributed by atoms with Crippen LogP contribution in [0.4, 0.5) is 0 Å². The lowest BCUT2D eigenvalue weighted by Crippen LogP contribution is -2.56. The number of aromatic carboxylic acids is 1. The molecule has 0 radical (unpaired) electrons. The molecule has 0 aromatic carbocycles. The van der Waals surface area contributed by atoms with Crippen LogP contribution in [-0.4, -0.2) is 58.6 Å². The summed E-state index contributed by atoms with van der Waals surface area (Å²) in [4.78, 5) is 21.0. The predicted molar refractivity (Wildman–Crippen MR) is 69.2 cm³/mol. The first-order valence-corrected chi connectivity index (χ1v) is 7.20. The predicted octanol–water partition coefficient (Wildman–Crippen LogP) is 1.08. The first-order valence-electron chi connectivity index (χ1n) is 6.38. The van der Waals surface area contributed by atoms with Crippen molar-refractivity contribution in [3.63, 3.8) is 0 Å². The van der Waals surface area contributed by atoms with Gasteiger partial charge in [0.15, 0.2) is 0 Å². The van der Waals surface area contributed by atoms with Gasteiger partial charge in [0.25, 0.3) is 0 Å². The second-order valence-electron chi connectivity index (χ2n) is 4.84. The number of thiazole rings is 1. The lowest BCUT2D eigenvalue weighted by Gasteiger charge is -2.46. The molecule has 1 unspecified atom stereocenters. The van der Waals surface area contributed by atoms with Crippen LogP contribution in [0.1, 0.15) is 33.3 Å². The molecule has 5 nitrogen and oxygen atoms in total. The van der Waals surface area contributed by atoms with Crippen molar-refractivity contribution in [2.75, 3.05) is 32.7 Å². The number of aromatic nitrogens is 1. The maximum absolute atomic E-state index is 11.2. The minimum atomic E-state index is -0.841. The molecular weight excluding hydrogens is 250 g/mol. The largest absolute Gasteiger partial charge is 0.477 e. The minimum absolute atomic E-state index is 0.302. The number of carboxylic acids is 1. The summed E-state index contributed by atoms with van der Waals surface area (Å²) in [5.41, 5.74) is 0.736. The standard InChI is InChI=1S/C12H17N3O2S/c1-2-8-10(12(16)17)18-11(13-8)9-7-14-3-5-15(9)6-4-14/h9H,2-7H2,1H3,(H,16,17). The molecule has 1 aromatic heterocycles. The van der Waals surface area contributed by atoms with E-state index in [4.69, 9.17) is 0 Å². The lowest BCUT2D eigenvalue weighted by molar-refractivity contribution is 0.0122. The topological polar surface area (TPSA) is 56.7 Å². The summed E-state index contributed by atoms with van der Waals surface area (Å²) in [6.45, 7) is 7.38. The second-order valence-corrected chi connectivity index (χ2v) is 5.87. The summed E-state index contributed by atoms with van der Waals surface area (Å²) >= 11 is 1.36. The molecular formula is C12H17N3O2S. The lowest BCUT2D eigenvalue weighted by atomic mass is 10.1. The van der Waals surface area contributed by atoms with Gasteiger partial charge in [-0.1, -0.05) is 6.92 Å². The van der Waals surface area contributed by atoms with E-state index in [1.165, 1.54) is 11.3 Å². The van der Waals surface area contributed by atoms with Gasteiger partial charge in [0.05, 0.1) is 11.7 Å². The molecule has 1 atom stereocenters. The summed E-state index contributed by atoms with van der Waals surface area (Å²) in [6.07, 6.45) is 0.689. The Labute approximate surface area is 110 Å². The quantitative estimate of drug-likeness (QED) is 0.888. The number of rotatable bonds is 3. The Morgan fingerprint density at radius 3 is 2.61 bits per heavy atom. The Morgan fingerprint density at radius 1 is 1.44 bits per heavy atom. The fourth-order valence-electron chi connectivity index (χ4n) is 2.77. The summed E-state index contributed by atoms with van der Waals surface area (Å²) in [6, 6.07) is 0.302. The molecule has 1 N–H and O–H groups in total. The van der Waals surface area contributed by atoms with Gasteiger partial charge in [0.2, 0.25) is 0 Å². The van der Waals surface area contributed by atoms with Crippen LogP contribution < -0.4 is 0 Å². The summed E-state index contributed by atoms with van der Waals surface area (Å²) in [5.74, 6) is -0.841. The average molecular weight is 267 g/mol. The highest BCUT2D eigenvalue weighted by atomic mass is 32.1. The third kappa shape index (κ3) is 1.94. The van der Waals surface area contributed by atoms with Crippen molar-refractivity contribution in [2.45, 2.75) is 19.4 Å². The van der Waals surface area contributed by atoms with Crippen molar-refractivity contribution in [1.29, 1.82) is 0 Å². The van der Waals surface area contributed by atoms with Crippen molar-refractivity contribution < 1.29 is 9.90 Å². The number of fused-ring (bicyclic) bond motifs is 3. The van der Waals surface area contributed by atoms with Crippen molar-refractivity contribution in [3.05, 3.63) is 15.6 Å². The molecule has 98 valence electrons. The van der Waals surface area contributed by atoms with Gasteiger partial charge in [-0.25, -0.2) is 9.78 Å². The van der Waals surface area contributed by atoms with E-state index in [2.05, 4.69) is 14.8 Å². The van der Waals surface area contributed by atoms with E-state index >= 15 is 0 Å². The highest BCUT2D eigenvalue weighted by Crippen LogP contribution is 2.33. The molecule has 3 fully saturated rings. The molecule has 4 rings (SSSR count). The Bertz CT molecular complexity index is 466. The summed E-state index contributed by atoms with van der Waals surface area (Å²) in [7, 11) is 0. The van der Waals surface area contributed by atoms with Crippen LogP contribution in [0.5, 0.6) is 0 Å². The van der Waals surface area contributed by atoms with Crippen molar-refractivity contribution in [2.24, 2.45) is 0 Å². The van der Waals surface area contributed by atoms with Crippen LogP contribution in [-0.2, 0) is 6.42 Å². The van der Waals surface area contributed by atoms with Crippen LogP contribution in [0, 0.1) is 0 Å². The van der Waals surface area contributed by atoms with Crippen LogP contribution in [0.3, 0.4) is 0 Å². The van der Waals surface area contributed by atoms with Gasteiger partial charge >= 0.3 is 5.97 Å². The maximum Gasteiger partial charge on any atom is 0.347 e. The van der Waals surface area contributed by atoms with E-state index < -0.39 is 5.97 Å². The number of carboxylic acid groups (broad SMARTS) is 1. The van der Waals surface area contributed by atoms with E-state index in [-0.39, 0.29) is 0 Å². The molecule has 3 aliphatic heterocycles. The zero-order valence-electron chi connectivity index (χ0n) is 10.4. The maximum atomic E-state index is 11.2. The number of carbonyl (C=O) groups is 1. The Morgan fingerprint density at radius 2 is 2.17 bits per heavy atom. The Hall–Kier alpha value is -0.980. The molecule has 0 amide bonds. The Balaban J connectivity index is 1.90. The fraction of sp³-hybridized carbons (Fsp3) is 0.667. The van der Waals surface area contributed by atoms with Crippen LogP contribution in [0.15, 0.2) is 0 Å². The Kier molecular flexibility index (Phi) is 3.09. The smallest absolute Gasteiger partial charge is 0.347 e. The van der Waals surface area contributed by atoms with Crippen molar-refractivity contribution in [1.82, 2.24) is 14.8 Å².